The van der Waals surface area contributed by atoms with Crippen LogP contribution in [0.25, 0.3) is 0 Å². The highest BCUT2D eigenvalue weighted by Crippen LogP contribution is 2.36. The molecule has 0 aromatic heterocycles. The lowest BCUT2D eigenvalue weighted by atomic mass is 9.81. The van der Waals surface area contributed by atoms with Crippen LogP contribution in [-0.2, 0) is 9.59 Å². The molecule has 170 valence electrons. The van der Waals surface area contributed by atoms with Crippen molar-refractivity contribution in [3.05, 3.63) is 66.0 Å². The summed E-state index contributed by atoms with van der Waals surface area (Å²) in [5, 5.41) is 19.0. The van der Waals surface area contributed by atoms with E-state index in [0.717, 1.165) is 36.8 Å². The minimum Gasteiger partial charge on any atom is -0.493 e. The number of fused-ring (bicyclic) bond motifs is 1. The van der Waals surface area contributed by atoms with Crippen molar-refractivity contribution in [2.75, 3.05) is 26.5 Å². The molecule has 9 heteroatoms. The molecule has 2 atom stereocenters. The Morgan fingerprint density at radius 3 is 2.44 bits per heavy atom. The first-order chi connectivity index (χ1) is 15.4. The Balaban J connectivity index is 0.000000312. The van der Waals surface area contributed by atoms with E-state index in [-0.39, 0.29) is 12.6 Å². The summed E-state index contributed by atoms with van der Waals surface area (Å²) >= 11 is 0. The summed E-state index contributed by atoms with van der Waals surface area (Å²) in [5.74, 6) is 0.272. The molecule has 0 saturated carbocycles. The topological polar surface area (TPSA) is 114 Å². The molecule has 32 heavy (non-hydrogen) atoms. The minimum absolute atomic E-state index is 0.194. The van der Waals surface area contributed by atoms with Gasteiger partial charge in [-0.1, -0.05) is 12.1 Å². The van der Waals surface area contributed by atoms with Gasteiger partial charge in [-0.05, 0) is 48.7 Å². The van der Waals surface area contributed by atoms with E-state index in [1.165, 1.54) is 17.7 Å². The van der Waals surface area contributed by atoms with Crippen LogP contribution in [0.5, 0.6) is 17.2 Å². The van der Waals surface area contributed by atoms with Gasteiger partial charge in [0.1, 0.15) is 11.6 Å². The molecule has 3 N–H and O–H groups in total. The van der Waals surface area contributed by atoms with Gasteiger partial charge in [0.2, 0.25) is 6.79 Å². The SMILES string of the molecule is Fc1ccc([C@@H]2CCNC[C@H]2COc2ccc3c(c2)OCO3)cc1.O=C(O)/C=C/C(=O)O. The molecule has 0 unspecified atom stereocenters. The van der Waals surface area contributed by atoms with E-state index in [1.807, 2.05) is 30.3 Å². The van der Waals surface area contributed by atoms with Crippen molar-refractivity contribution in [3.8, 4) is 17.2 Å². The minimum atomic E-state index is -1.26. The second kappa shape index (κ2) is 11.1. The van der Waals surface area contributed by atoms with Crippen LogP contribution in [0.15, 0.2) is 54.6 Å². The van der Waals surface area contributed by atoms with Crippen molar-refractivity contribution < 1.29 is 38.4 Å². The number of carbonyl (C=O) groups is 2. The van der Waals surface area contributed by atoms with Gasteiger partial charge in [-0.25, -0.2) is 14.0 Å². The average Bonchev–Trinajstić information content (AvgIpc) is 3.25. The molecule has 1 saturated heterocycles. The molecule has 2 aromatic rings. The van der Waals surface area contributed by atoms with Gasteiger partial charge in [-0.3, -0.25) is 0 Å². The van der Waals surface area contributed by atoms with Gasteiger partial charge in [0.25, 0.3) is 0 Å². The highest BCUT2D eigenvalue weighted by atomic mass is 19.1. The number of piperidine rings is 1. The summed E-state index contributed by atoms with van der Waals surface area (Å²) in [6.07, 6.45) is 2.14. The number of aliphatic carboxylic acids is 2. The number of benzene rings is 2. The molecule has 2 aromatic carbocycles. The van der Waals surface area contributed by atoms with Gasteiger partial charge in [0.05, 0.1) is 6.61 Å². The van der Waals surface area contributed by atoms with E-state index in [4.69, 9.17) is 24.4 Å². The molecule has 2 aliphatic rings. The fraction of sp³-hybridized carbons (Fsp3) is 0.304. The van der Waals surface area contributed by atoms with Crippen molar-refractivity contribution in [2.45, 2.75) is 12.3 Å². The number of carboxylic acids is 2. The van der Waals surface area contributed by atoms with Gasteiger partial charge >= 0.3 is 11.9 Å². The van der Waals surface area contributed by atoms with E-state index in [1.54, 1.807) is 0 Å². The summed E-state index contributed by atoms with van der Waals surface area (Å²) in [5.41, 5.74) is 1.18. The van der Waals surface area contributed by atoms with Crippen LogP contribution < -0.4 is 19.5 Å². The lowest BCUT2D eigenvalue weighted by Crippen LogP contribution is -2.38. The Kier molecular flexibility index (Phi) is 8.04. The zero-order valence-electron chi connectivity index (χ0n) is 17.2. The van der Waals surface area contributed by atoms with Crippen LogP contribution in [0.2, 0.25) is 0 Å². The van der Waals surface area contributed by atoms with Gasteiger partial charge in [-0.15, -0.1) is 0 Å². The molecule has 4 rings (SSSR count). The van der Waals surface area contributed by atoms with E-state index in [0.29, 0.717) is 30.6 Å². The molecule has 0 amide bonds. The molecule has 2 aliphatic heterocycles. The number of carboxylic acid groups (broad SMARTS) is 2. The smallest absolute Gasteiger partial charge is 0.328 e. The number of ether oxygens (including phenoxy) is 3. The highest BCUT2D eigenvalue weighted by Gasteiger charge is 2.27. The molecule has 1 fully saturated rings. The van der Waals surface area contributed by atoms with Gasteiger partial charge in [-0.2, -0.15) is 0 Å². The third-order valence-corrected chi connectivity index (χ3v) is 5.08. The molecular formula is C23H24FNO7. The molecule has 8 nitrogen and oxygen atoms in total. The summed E-state index contributed by atoms with van der Waals surface area (Å²) in [6.45, 7) is 2.74. The summed E-state index contributed by atoms with van der Waals surface area (Å²) < 4.78 is 29.9. The molecule has 0 bridgehead atoms. The van der Waals surface area contributed by atoms with Gasteiger partial charge < -0.3 is 29.7 Å². The summed E-state index contributed by atoms with van der Waals surface area (Å²) in [6, 6.07) is 12.5. The zero-order chi connectivity index (χ0) is 22.9. The van der Waals surface area contributed by atoms with Gasteiger partial charge in [0.15, 0.2) is 11.5 Å². The fourth-order valence-electron chi connectivity index (χ4n) is 3.56. The van der Waals surface area contributed by atoms with Gasteiger partial charge in [0, 0.05) is 30.7 Å². The maximum absolute atomic E-state index is 13.2. The van der Waals surface area contributed by atoms with Crippen LogP contribution in [0, 0.1) is 11.7 Å². The van der Waals surface area contributed by atoms with Crippen LogP contribution in [0.1, 0.15) is 17.9 Å². The first-order valence-electron chi connectivity index (χ1n) is 10.0. The monoisotopic (exact) mass is 445 g/mol. The van der Waals surface area contributed by atoms with Crippen LogP contribution in [-0.4, -0.2) is 48.6 Å². The number of hydrogen-bond acceptors (Lipinski definition) is 6. The number of halogens is 1. The molecule has 2 heterocycles. The average molecular weight is 445 g/mol. The van der Waals surface area contributed by atoms with E-state index in [2.05, 4.69) is 5.32 Å². The van der Waals surface area contributed by atoms with Crippen LogP contribution in [0.3, 0.4) is 0 Å². The summed E-state index contributed by atoms with van der Waals surface area (Å²) in [4.78, 5) is 19.1. The predicted molar refractivity (Wildman–Crippen MR) is 113 cm³/mol. The normalized spacial score (nSPS) is 19.2. The molecule has 0 aliphatic carbocycles. The summed E-state index contributed by atoms with van der Waals surface area (Å²) in [7, 11) is 0. The number of hydrogen-bond donors (Lipinski definition) is 3. The molecule has 0 spiro atoms. The van der Waals surface area contributed by atoms with E-state index >= 15 is 0 Å². The second-order valence-electron chi connectivity index (χ2n) is 7.25. The predicted octanol–water partition coefficient (Wildman–Crippen LogP) is 3.04. The van der Waals surface area contributed by atoms with Crippen molar-refractivity contribution in [2.24, 2.45) is 5.92 Å². The molecular weight excluding hydrogens is 421 g/mol. The largest absolute Gasteiger partial charge is 0.493 e. The highest BCUT2D eigenvalue weighted by molar-refractivity contribution is 5.89. The quantitative estimate of drug-likeness (QED) is 0.582. The number of nitrogens with one attached hydrogen (secondary N) is 1. The first kappa shape index (κ1) is 23.1. The Morgan fingerprint density at radius 1 is 1.06 bits per heavy atom. The first-order valence-corrected chi connectivity index (χ1v) is 10.0. The molecule has 0 radical (unpaired) electrons. The standard InChI is InChI=1S/C19H20FNO3.C4H4O4/c20-15-3-1-13(2-4-15)17-7-8-21-10-14(17)11-22-16-5-6-18-19(9-16)24-12-23-18;5-3(6)1-2-4(7)8/h1-6,9,14,17,21H,7-8,10-12H2;1-2H,(H,5,6)(H,7,8)/b;2-1+/t14-,17-;/m0./s1. The lowest BCUT2D eigenvalue weighted by molar-refractivity contribution is -0.134. The number of rotatable bonds is 6. The van der Waals surface area contributed by atoms with Crippen molar-refractivity contribution in [1.29, 1.82) is 0 Å². The van der Waals surface area contributed by atoms with E-state index < -0.39 is 11.9 Å². The maximum Gasteiger partial charge on any atom is 0.328 e. The second-order valence-corrected chi connectivity index (χ2v) is 7.25. The Bertz CT molecular complexity index is 945. The Hall–Kier alpha value is -3.59. The Labute approximate surface area is 184 Å². The zero-order valence-corrected chi connectivity index (χ0v) is 17.2. The van der Waals surface area contributed by atoms with Crippen molar-refractivity contribution in [3.63, 3.8) is 0 Å². The van der Waals surface area contributed by atoms with E-state index in [9.17, 15) is 14.0 Å². The lowest BCUT2D eigenvalue weighted by Gasteiger charge is -2.32. The van der Waals surface area contributed by atoms with Crippen molar-refractivity contribution >= 4 is 11.9 Å². The van der Waals surface area contributed by atoms with Crippen LogP contribution >= 0.6 is 0 Å². The Morgan fingerprint density at radius 2 is 1.75 bits per heavy atom. The maximum atomic E-state index is 13.2. The van der Waals surface area contributed by atoms with Crippen LogP contribution in [0.4, 0.5) is 4.39 Å². The third-order valence-electron chi connectivity index (χ3n) is 5.08. The third kappa shape index (κ3) is 6.71. The fourth-order valence-corrected chi connectivity index (χ4v) is 3.56. The van der Waals surface area contributed by atoms with Crippen molar-refractivity contribution in [1.82, 2.24) is 5.32 Å².